The second kappa shape index (κ2) is 6.00. The van der Waals surface area contributed by atoms with Gasteiger partial charge in [0.1, 0.15) is 0 Å². The molecule has 1 N–H and O–H groups in total. The molecule has 108 valence electrons. The SMILES string of the molecule is CC(c1ccccc1)n1cc(/C=C/[N+](=O)[O-])c(=O)[nH]c1=O. The molecule has 1 unspecified atom stereocenters. The molecule has 0 spiro atoms. The molecule has 1 aromatic heterocycles. The molecule has 2 aromatic rings. The molecular formula is C14H13N3O4. The van der Waals surface area contributed by atoms with E-state index in [1.807, 2.05) is 30.3 Å². The van der Waals surface area contributed by atoms with E-state index in [1.165, 1.54) is 10.8 Å². The van der Waals surface area contributed by atoms with Crippen molar-refractivity contribution >= 4 is 6.08 Å². The number of hydrogen-bond donors (Lipinski definition) is 1. The van der Waals surface area contributed by atoms with Crippen LogP contribution in [0, 0.1) is 10.1 Å². The van der Waals surface area contributed by atoms with Gasteiger partial charge in [-0.2, -0.15) is 0 Å². The van der Waals surface area contributed by atoms with Gasteiger partial charge in [0.25, 0.3) is 5.56 Å². The molecule has 0 fully saturated rings. The van der Waals surface area contributed by atoms with Crippen LogP contribution in [0.4, 0.5) is 0 Å². The van der Waals surface area contributed by atoms with Gasteiger partial charge in [-0.1, -0.05) is 30.3 Å². The van der Waals surface area contributed by atoms with E-state index in [4.69, 9.17) is 0 Å². The Labute approximate surface area is 119 Å². The first kappa shape index (κ1) is 14.4. The predicted octanol–water partition coefficient (Wildman–Crippen LogP) is 1.39. The van der Waals surface area contributed by atoms with E-state index in [0.29, 0.717) is 6.20 Å². The van der Waals surface area contributed by atoms with E-state index in [9.17, 15) is 19.7 Å². The summed E-state index contributed by atoms with van der Waals surface area (Å²) in [5.41, 5.74) is -0.283. The van der Waals surface area contributed by atoms with Gasteiger partial charge in [0.2, 0.25) is 6.20 Å². The number of rotatable bonds is 4. The molecule has 0 saturated carbocycles. The Hall–Kier alpha value is -2.96. The van der Waals surface area contributed by atoms with E-state index in [2.05, 4.69) is 4.98 Å². The Morgan fingerprint density at radius 3 is 2.57 bits per heavy atom. The molecule has 0 radical (unpaired) electrons. The number of hydrogen-bond acceptors (Lipinski definition) is 4. The topological polar surface area (TPSA) is 98.0 Å². The summed E-state index contributed by atoms with van der Waals surface area (Å²) in [5, 5.41) is 10.3. The Bertz CT molecular complexity index is 790. The second-order valence-corrected chi connectivity index (χ2v) is 4.44. The molecule has 2 rings (SSSR count). The maximum atomic E-state index is 11.9. The van der Waals surface area contributed by atoms with Crippen molar-refractivity contribution in [2.45, 2.75) is 13.0 Å². The zero-order chi connectivity index (χ0) is 15.4. The lowest BCUT2D eigenvalue weighted by Gasteiger charge is -2.15. The minimum absolute atomic E-state index is 0.0501. The van der Waals surface area contributed by atoms with Crippen molar-refractivity contribution in [3.8, 4) is 0 Å². The van der Waals surface area contributed by atoms with Crippen LogP contribution in [-0.2, 0) is 0 Å². The van der Waals surface area contributed by atoms with E-state index < -0.39 is 16.2 Å². The van der Waals surface area contributed by atoms with Gasteiger partial charge in [0.05, 0.1) is 16.5 Å². The van der Waals surface area contributed by atoms with Gasteiger partial charge in [-0.05, 0) is 12.5 Å². The van der Waals surface area contributed by atoms with Crippen molar-refractivity contribution in [3.05, 3.63) is 84.8 Å². The van der Waals surface area contributed by atoms with Crippen molar-refractivity contribution in [1.29, 1.82) is 0 Å². The van der Waals surface area contributed by atoms with Crippen molar-refractivity contribution < 1.29 is 4.92 Å². The molecule has 7 nitrogen and oxygen atoms in total. The average Bonchev–Trinajstić information content (AvgIpc) is 2.46. The summed E-state index contributed by atoms with van der Waals surface area (Å²) in [6, 6.07) is 8.95. The summed E-state index contributed by atoms with van der Waals surface area (Å²) >= 11 is 0. The molecule has 1 atom stereocenters. The molecule has 0 amide bonds. The van der Waals surface area contributed by atoms with Gasteiger partial charge in [-0.15, -0.1) is 0 Å². The van der Waals surface area contributed by atoms with Gasteiger partial charge in [0, 0.05) is 12.3 Å². The summed E-state index contributed by atoms with van der Waals surface area (Å²) in [6.07, 6.45) is 3.04. The first-order valence-corrected chi connectivity index (χ1v) is 6.21. The fourth-order valence-corrected chi connectivity index (χ4v) is 1.94. The van der Waals surface area contributed by atoms with E-state index >= 15 is 0 Å². The number of nitrogens with zero attached hydrogens (tertiary/aromatic N) is 2. The molecule has 1 aromatic carbocycles. The van der Waals surface area contributed by atoms with Crippen molar-refractivity contribution in [3.63, 3.8) is 0 Å². The molecule has 0 aliphatic rings. The Morgan fingerprint density at radius 1 is 1.29 bits per heavy atom. The third kappa shape index (κ3) is 3.33. The van der Waals surface area contributed by atoms with E-state index in [0.717, 1.165) is 11.6 Å². The van der Waals surface area contributed by atoms with Crippen LogP contribution in [0.15, 0.2) is 52.3 Å². The lowest BCUT2D eigenvalue weighted by Crippen LogP contribution is -2.32. The molecular weight excluding hydrogens is 274 g/mol. The quantitative estimate of drug-likeness (QED) is 0.678. The smallest absolute Gasteiger partial charge is 0.293 e. The maximum Gasteiger partial charge on any atom is 0.328 e. The average molecular weight is 287 g/mol. The fourth-order valence-electron chi connectivity index (χ4n) is 1.94. The van der Waals surface area contributed by atoms with Gasteiger partial charge in [-0.3, -0.25) is 24.5 Å². The van der Waals surface area contributed by atoms with Crippen LogP contribution in [-0.4, -0.2) is 14.5 Å². The Kier molecular flexibility index (Phi) is 4.13. The highest BCUT2D eigenvalue weighted by molar-refractivity contribution is 5.45. The van der Waals surface area contributed by atoms with Crippen LogP contribution in [0.2, 0.25) is 0 Å². The summed E-state index contributed by atoms with van der Waals surface area (Å²) in [7, 11) is 0. The number of benzene rings is 1. The highest BCUT2D eigenvalue weighted by Gasteiger charge is 2.11. The number of aromatic nitrogens is 2. The van der Waals surface area contributed by atoms with Crippen LogP contribution in [0.5, 0.6) is 0 Å². The van der Waals surface area contributed by atoms with E-state index in [-0.39, 0.29) is 11.6 Å². The molecule has 7 heteroatoms. The maximum absolute atomic E-state index is 11.9. The third-order valence-electron chi connectivity index (χ3n) is 3.07. The zero-order valence-electron chi connectivity index (χ0n) is 11.2. The Balaban J connectivity index is 2.49. The van der Waals surface area contributed by atoms with Gasteiger partial charge >= 0.3 is 5.69 Å². The molecule has 0 bridgehead atoms. The first-order valence-electron chi connectivity index (χ1n) is 6.21. The first-order chi connectivity index (χ1) is 9.99. The fraction of sp³-hybridized carbons (Fsp3) is 0.143. The molecule has 1 heterocycles. The standard InChI is InChI=1S/C14H13N3O4/c1-10(11-5-3-2-4-6-11)16-9-12(7-8-17(20)21)13(18)15-14(16)19/h2-10H,1H3,(H,15,18,19)/b8-7+. The number of H-pyrrole nitrogens is 1. The number of nitro groups is 1. The highest BCUT2D eigenvalue weighted by atomic mass is 16.6. The van der Waals surface area contributed by atoms with E-state index in [1.54, 1.807) is 6.92 Å². The highest BCUT2D eigenvalue weighted by Crippen LogP contribution is 2.15. The van der Waals surface area contributed by atoms with Gasteiger partial charge in [0.15, 0.2) is 0 Å². The molecule has 0 aliphatic heterocycles. The molecule has 21 heavy (non-hydrogen) atoms. The van der Waals surface area contributed by atoms with Crippen LogP contribution >= 0.6 is 0 Å². The van der Waals surface area contributed by atoms with Crippen molar-refractivity contribution in [2.24, 2.45) is 0 Å². The van der Waals surface area contributed by atoms with Crippen LogP contribution in [0.3, 0.4) is 0 Å². The van der Waals surface area contributed by atoms with Crippen LogP contribution < -0.4 is 11.2 Å². The number of aromatic amines is 1. The number of nitrogens with one attached hydrogen (secondary N) is 1. The zero-order valence-corrected chi connectivity index (χ0v) is 11.2. The predicted molar refractivity (Wildman–Crippen MR) is 77.6 cm³/mol. The summed E-state index contributed by atoms with van der Waals surface area (Å²) in [4.78, 5) is 35.3. The second-order valence-electron chi connectivity index (χ2n) is 4.44. The lowest BCUT2D eigenvalue weighted by molar-refractivity contribution is -0.400. The largest absolute Gasteiger partial charge is 0.328 e. The minimum Gasteiger partial charge on any atom is -0.293 e. The normalized spacial score (nSPS) is 12.4. The summed E-state index contributed by atoms with van der Waals surface area (Å²) in [6.45, 7) is 1.80. The van der Waals surface area contributed by atoms with Gasteiger partial charge < -0.3 is 0 Å². The summed E-state index contributed by atoms with van der Waals surface area (Å²) in [5.74, 6) is 0. The molecule has 0 aliphatic carbocycles. The van der Waals surface area contributed by atoms with Crippen LogP contribution in [0.1, 0.15) is 24.1 Å². The molecule has 0 saturated heterocycles. The van der Waals surface area contributed by atoms with Crippen LogP contribution in [0.25, 0.3) is 6.08 Å². The lowest BCUT2D eigenvalue weighted by atomic mass is 10.1. The monoisotopic (exact) mass is 287 g/mol. The van der Waals surface area contributed by atoms with Gasteiger partial charge in [-0.25, -0.2) is 4.79 Å². The Morgan fingerprint density at radius 2 is 1.95 bits per heavy atom. The van der Waals surface area contributed by atoms with Crippen molar-refractivity contribution in [2.75, 3.05) is 0 Å². The van der Waals surface area contributed by atoms with Crippen molar-refractivity contribution in [1.82, 2.24) is 9.55 Å². The minimum atomic E-state index is -0.671. The third-order valence-corrected chi connectivity index (χ3v) is 3.07. The summed E-state index contributed by atoms with van der Waals surface area (Å²) < 4.78 is 1.33.